The van der Waals surface area contributed by atoms with Crippen molar-refractivity contribution < 1.29 is 9.53 Å². The minimum Gasteiger partial charge on any atom is -0.424 e. The lowest BCUT2D eigenvalue weighted by Gasteiger charge is -2.33. The van der Waals surface area contributed by atoms with Gasteiger partial charge in [0.15, 0.2) is 0 Å². The molecule has 0 radical (unpaired) electrons. The van der Waals surface area contributed by atoms with Gasteiger partial charge in [0.2, 0.25) is 0 Å². The molecule has 29 heavy (non-hydrogen) atoms. The molecule has 3 aromatic rings. The number of urea groups is 1. The molecule has 4 rings (SSSR count). The minimum absolute atomic E-state index is 0.174. The maximum atomic E-state index is 12.3. The average Bonchev–Trinajstić information content (AvgIpc) is 2.77. The molecule has 1 fully saturated rings. The Morgan fingerprint density at radius 1 is 0.931 bits per heavy atom. The summed E-state index contributed by atoms with van der Waals surface area (Å²) in [6.07, 6.45) is 5.08. The zero-order valence-electron chi connectivity index (χ0n) is 16.0. The van der Waals surface area contributed by atoms with Crippen LogP contribution in [0.1, 0.15) is 12.8 Å². The number of carbonyl (C=O) groups excluding carboxylic acids is 1. The molecule has 2 N–H and O–H groups in total. The maximum absolute atomic E-state index is 12.3. The third-order valence-electron chi connectivity index (χ3n) is 4.81. The fraction of sp³-hybridized carbons (Fsp3) is 0.227. The molecule has 0 spiro atoms. The zero-order valence-corrected chi connectivity index (χ0v) is 16.0. The molecule has 1 saturated heterocycles. The van der Waals surface area contributed by atoms with E-state index in [2.05, 4.69) is 49.8 Å². The van der Waals surface area contributed by atoms with Crippen molar-refractivity contribution in [3.8, 4) is 11.8 Å². The van der Waals surface area contributed by atoms with E-state index in [1.807, 2.05) is 6.07 Å². The first-order chi connectivity index (χ1) is 14.3. The van der Waals surface area contributed by atoms with Gasteiger partial charge in [0.25, 0.3) is 0 Å². The number of amides is 2. The van der Waals surface area contributed by atoms with Gasteiger partial charge in [0, 0.05) is 42.9 Å². The molecule has 2 amide bonds. The van der Waals surface area contributed by atoms with Crippen molar-refractivity contribution in [2.75, 3.05) is 23.3 Å². The summed E-state index contributed by atoms with van der Waals surface area (Å²) < 4.78 is 5.55. The molecule has 0 bridgehead atoms. The van der Waals surface area contributed by atoms with Gasteiger partial charge < -0.3 is 20.3 Å². The second-order valence-electron chi connectivity index (χ2n) is 6.85. The fourth-order valence-electron chi connectivity index (χ4n) is 3.32. The summed E-state index contributed by atoms with van der Waals surface area (Å²) >= 11 is 0. The predicted octanol–water partition coefficient (Wildman–Crippen LogP) is 4.06. The molecule has 1 aliphatic rings. The molecule has 148 valence electrons. The molecule has 7 heteroatoms. The molecule has 2 heterocycles. The highest BCUT2D eigenvalue weighted by molar-refractivity contribution is 5.89. The van der Waals surface area contributed by atoms with E-state index < -0.39 is 0 Å². The van der Waals surface area contributed by atoms with E-state index in [0.717, 1.165) is 25.9 Å². The van der Waals surface area contributed by atoms with Crippen LogP contribution in [0.5, 0.6) is 11.8 Å². The van der Waals surface area contributed by atoms with Gasteiger partial charge in [0.05, 0.1) is 0 Å². The van der Waals surface area contributed by atoms with E-state index in [4.69, 9.17) is 4.74 Å². The number of rotatable bonds is 5. The lowest BCUT2D eigenvalue weighted by atomic mass is 10.0. The summed E-state index contributed by atoms with van der Waals surface area (Å²) in [4.78, 5) is 22.7. The Morgan fingerprint density at radius 2 is 1.62 bits per heavy atom. The van der Waals surface area contributed by atoms with Crippen LogP contribution in [0.25, 0.3) is 0 Å². The lowest BCUT2D eigenvalue weighted by Crippen LogP contribution is -2.46. The van der Waals surface area contributed by atoms with Gasteiger partial charge in [-0.2, -0.15) is 0 Å². The second-order valence-corrected chi connectivity index (χ2v) is 6.85. The van der Waals surface area contributed by atoms with Crippen molar-refractivity contribution in [3.05, 3.63) is 73.1 Å². The van der Waals surface area contributed by atoms with Crippen LogP contribution in [-0.2, 0) is 0 Å². The van der Waals surface area contributed by atoms with Gasteiger partial charge in [0.1, 0.15) is 5.75 Å². The lowest BCUT2D eigenvalue weighted by molar-refractivity contribution is 0.246. The number of anilines is 2. The Hall–Kier alpha value is -3.61. The summed E-state index contributed by atoms with van der Waals surface area (Å²) in [5.41, 5.74) is 1.93. The molecule has 2 aromatic carbocycles. The monoisotopic (exact) mass is 389 g/mol. The molecule has 0 atom stereocenters. The van der Waals surface area contributed by atoms with Gasteiger partial charge in [-0.3, -0.25) is 0 Å². The number of piperidine rings is 1. The maximum Gasteiger partial charge on any atom is 0.321 e. The van der Waals surface area contributed by atoms with Crippen LogP contribution in [0.3, 0.4) is 0 Å². The van der Waals surface area contributed by atoms with Crippen LogP contribution in [0, 0.1) is 0 Å². The topological polar surface area (TPSA) is 79.4 Å². The number of para-hydroxylation sites is 1. The van der Waals surface area contributed by atoms with Crippen molar-refractivity contribution >= 4 is 17.4 Å². The van der Waals surface area contributed by atoms with Crippen LogP contribution < -0.4 is 20.3 Å². The van der Waals surface area contributed by atoms with Crippen LogP contribution in [0.15, 0.2) is 73.1 Å². The van der Waals surface area contributed by atoms with Crippen molar-refractivity contribution in [2.24, 2.45) is 0 Å². The third kappa shape index (κ3) is 5.22. The summed E-state index contributed by atoms with van der Waals surface area (Å²) in [5.74, 6) is 0.607. The second kappa shape index (κ2) is 9.05. The number of nitrogens with one attached hydrogen (secondary N) is 2. The molecule has 0 saturated carbocycles. The molecular formula is C22H23N5O2. The van der Waals surface area contributed by atoms with E-state index in [1.54, 1.807) is 42.7 Å². The first kappa shape index (κ1) is 18.7. The van der Waals surface area contributed by atoms with Gasteiger partial charge in [-0.1, -0.05) is 18.2 Å². The first-order valence-corrected chi connectivity index (χ1v) is 9.69. The summed E-state index contributed by atoms with van der Waals surface area (Å²) in [6.45, 7) is 1.87. The fourth-order valence-corrected chi connectivity index (χ4v) is 3.32. The summed E-state index contributed by atoms with van der Waals surface area (Å²) in [7, 11) is 0. The SMILES string of the molecule is O=C(Nc1ccc(Oc2ncccn2)cc1)NC1CCN(c2ccccc2)CC1. The molecular weight excluding hydrogens is 366 g/mol. The van der Waals surface area contributed by atoms with E-state index >= 15 is 0 Å². The predicted molar refractivity (Wildman–Crippen MR) is 112 cm³/mol. The Balaban J connectivity index is 1.24. The number of benzene rings is 2. The highest BCUT2D eigenvalue weighted by Gasteiger charge is 2.20. The van der Waals surface area contributed by atoms with Crippen LogP contribution in [-0.4, -0.2) is 35.1 Å². The number of nitrogens with zero attached hydrogens (tertiary/aromatic N) is 3. The van der Waals surface area contributed by atoms with Gasteiger partial charge in [-0.05, 0) is 55.3 Å². The standard InChI is InChI=1S/C22H23N5O2/c28-21(26-18-11-15-27(16-12-18)19-5-2-1-3-6-19)25-17-7-9-20(10-8-17)29-22-23-13-4-14-24-22/h1-10,13-14,18H,11-12,15-16H2,(H2,25,26,28). The van der Waals surface area contributed by atoms with E-state index in [1.165, 1.54) is 5.69 Å². The van der Waals surface area contributed by atoms with Gasteiger partial charge in [-0.15, -0.1) is 0 Å². The number of aromatic nitrogens is 2. The van der Waals surface area contributed by atoms with Crippen LogP contribution in [0.4, 0.5) is 16.2 Å². The van der Waals surface area contributed by atoms with Crippen molar-refractivity contribution in [1.29, 1.82) is 0 Å². The van der Waals surface area contributed by atoms with Crippen molar-refractivity contribution in [3.63, 3.8) is 0 Å². The van der Waals surface area contributed by atoms with Crippen LogP contribution in [0.2, 0.25) is 0 Å². The van der Waals surface area contributed by atoms with Crippen molar-refractivity contribution in [1.82, 2.24) is 15.3 Å². The van der Waals surface area contributed by atoms with E-state index in [0.29, 0.717) is 11.4 Å². The number of hydrogen-bond acceptors (Lipinski definition) is 5. The Morgan fingerprint density at radius 3 is 2.31 bits per heavy atom. The molecule has 0 unspecified atom stereocenters. The summed E-state index contributed by atoms with van der Waals surface area (Å²) in [5, 5.41) is 5.94. The summed E-state index contributed by atoms with van der Waals surface area (Å²) in [6, 6.07) is 19.5. The molecule has 7 nitrogen and oxygen atoms in total. The number of carbonyl (C=O) groups is 1. The highest BCUT2D eigenvalue weighted by Crippen LogP contribution is 2.21. The number of hydrogen-bond donors (Lipinski definition) is 2. The average molecular weight is 389 g/mol. The Labute approximate surface area is 169 Å². The van der Waals surface area contributed by atoms with E-state index in [9.17, 15) is 4.79 Å². The van der Waals surface area contributed by atoms with E-state index in [-0.39, 0.29) is 18.1 Å². The van der Waals surface area contributed by atoms with Gasteiger partial charge >= 0.3 is 12.0 Å². The molecule has 0 aliphatic carbocycles. The van der Waals surface area contributed by atoms with Gasteiger partial charge in [-0.25, -0.2) is 14.8 Å². The zero-order chi connectivity index (χ0) is 19.9. The molecule has 1 aromatic heterocycles. The highest BCUT2D eigenvalue weighted by atomic mass is 16.5. The largest absolute Gasteiger partial charge is 0.424 e. The minimum atomic E-state index is -0.191. The third-order valence-corrected chi connectivity index (χ3v) is 4.81. The number of ether oxygens (including phenoxy) is 1. The van der Waals surface area contributed by atoms with Crippen LogP contribution >= 0.6 is 0 Å². The molecule has 1 aliphatic heterocycles. The quantitative estimate of drug-likeness (QED) is 0.688. The van der Waals surface area contributed by atoms with Crippen molar-refractivity contribution in [2.45, 2.75) is 18.9 Å². The smallest absolute Gasteiger partial charge is 0.321 e. The Kier molecular flexibility index (Phi) is 5.85. The normalized spacial score (nSPS) is 14.3. The Bertz CT molecular complexity index is 911. The first-order valence-electron chi connectivity index (χ1n) is 9.69.